The number of carbonyl (C=O) groups excluding carboxylic acids is 1. The molecule has 0 aromatic heterocycles. The predicted octanol–water partition coefficient (Wildman–Crippen LogP) is 3.95. The minimum absolute atomic E-state index is 0.000332. The summed E-state index contributed by atoms with van der Waals surface area (Å²) < 4.78 is 36.8. The van der Waals surface area contributed by atoms with E-state index in [9.17, 15) is 18.0 Å². The van der Waals surface area contributed by atoms with E-state index in [4.69, 9.17) is 23.2 Å². The highest BCUT2D eigenvalue weighted by atomic mass is 35.5. The molecule has 0 radical (unpaired) electrons. The van der Waals surface area contributed by atoms with Crippen molar-refractivity contribution in [1.29, 1.82) is 0 Å². The summed E-state index contributed by atoms with van der Waals surface area (Å²) in [5, 5.41) is 0.603. The number of rotatable bonds is 4. The van der Waals surface area contributed by atoms with Crippen LogP contribution in [0.1, 0.15) is 12.5 Å². The first-order chi connectivity index (χ1) is 8.73. The zero-order valence-electron chi connectivity index (χ0n) is 10.1. The van der Waals surface area contributed by atoms with E-state index in [0.29, 0.717) is 10.6 Å². The van der Waals surface area contributed by atoms with E-state index in [0.717, 1.165) is 4.90 Å². The number of amides is 1. The normalized spacial score (nSPS) is 11.5. The molecule has 2 nitrogen and oxygen atoms in total. The highest BCUT2D eigenvalue weighted by molar-refractivity contribution is 6.42. The second-order valence-electron chi connectivity index (χ2n) is 3.95. The average molecular weight is 314 g/mol. The molecule has 0 aliphatic heterocycles. The van der Waals surface area contributed by atoms with Crippen molar-refractivity contribution < 1.29 is 18.0 Å². The van der Waals surface area contributed by atoms with Gasteiger partial charge in [0.05, 0.1) is 16.5 Å². The number of hydrogen-bond acceptors (Lipinski definition) is 1. The van der Waals surface area contributed by atoms with E-state index in [-0.39, 0.29) is 18.0 Å². The van der Waals surface area contributed by atoms with Crippen LogP contribution in [-0.2, 0) is 11.2 Å². The van der Waals surface area contributed by atoms with Crippen LogP contribution in [-0.4, -0.2) is 30.1 Å². The molecule has 106 valence electrons. The number of carbonyl (C=O) groups is 1. The van der Waals surface area contributed by atoms with Crippen molar-refractivity contribution in [2.75, 3.05) is 13.1 Å². The van der Waals surface area contributed by atoms with Crippen molar-refractivity contribution in [2.45, 2.75) is 19.5 Å². The maximum atomic E-state index is 12.3. The Hall–Kier alpha value is -0.940. The summed E-state index contributed by atoms with van der Waals surface area (Å²) in [6.45, 7) is 0.252. The molecular weight excluding hydrogens is 302 g/mol. The first-order valence-electron chi connectivity index (χ1n) is 5.51. The van der Waals surface area contributed by atoms with Crippen molar-refractivity contribution in [3.8, 4) is 0 Å². The summed E-state index contributed by atoms with van der Waals surface area (Å²) in [6, 6.07) is 4.54. The van der Waals surface area contributed by atoms with Crippen LogP contribution in [0.25, 0.3) is 0 Å². The van der Waals surface area contributed by atoms with Gasteiger partial charge in [-0.2, -0.15) is 13.2 Å². The quantitative estimate of drug-likeness (QED) is 0.824. The van der Waals surface area contributed by atoms with Crippen LogP contribution in [0.3, 0.4) is 0 Å². The molecule has 0 spiro atoms. The van der Waals surface area contributed by atoms with Crippen LogP contribution >= 0.6 is 23.2 Å². The molecular formula is C12H12Cl2F3NO. The summed E-state index contributed by atoms with van der Waals surface area (Å²) >= 11 is 11.5. The molecule has 1 aromatic rings. The number of benzene rings is 1. The fourth-order valence-electron chi connectivity index (χ4n) is 1.53. The van der Waals surface area contributed by atoms with Crippen LogP contribution < -0.4 is 0 Å². The molecule has 0 N–H and O–H groups in total. The topological polar surface area (TPSA) is 20.3 Å². The molecule has 1 rings (SSSR count). The van der Waals surface area contributed by atoms with Crippen molar-refractivity contribution >= 4 is 29.1 Å². The van der Waals surface area contributed by atoms with E-state index in [1.54, 1.807) is 6.07 Å². The number of hydrogen-bond donors (Lipinski definition) is 0. The average Bonchev–Trinajstić information content (AvgIpc) is 2.29. The Labute approximate surface area is 119 Å². The second-order valence-corrected chi connectivity index (χ2v) is 4.76. The summed E-state index contributed by atoms with van der Waals surface area (Å²) in [4.78, 5) is 12.5. The third kappa shape index (κ3) is 5.28. The van der Waals surface area contributed by atoms with Crippen LogP contribution in [0.4, 0.5) is 13.2 Å². The van der Waals surface area contributed by atoms with Gasteiger partial charge in [0.15, 0.2) is 0 Å². The van der Waals surface area contributed by atoms with E-state index < -0.39 is 18.6 Å². The molecule has 0 heterocycles. The van der Waals surface area contributed by atoms with Gasteiger partial charge in [-0.25, -0.2) is 0 Å². The Morgan fingerprint density at radius 1 is 1.26 bits per heavy atom. The van der Waals surface area contributed by atoms with Crippen molar-refractivity contribution in [1.82, 2.24) is 4.90 Å². The van der Waals surface area contributed by atoms with Gasteiger partial charge >= 0.3 is 6.18 Å². The minimum Gasteiger partial charge on any atom is -0.334 e. The van der Waals surface area contributed by atoms with Crippen molar-refractivity contribution in [3.05, 3.63) is 33.8 Å². The van der Waals surface area contributed by atoms with Crippen LogP contribution in [0, 0.1) is 0 Å². The lowest BCUT2D eigenvalue weighted by Gasteiger charge is -2.22. The number of halogens is 5. The van der Waals surface area contributed by atoms with Crippen LogP contribution in [0.15, 0.2) is 18.2 Å². The molecule has 0 aliphatic rings. The first kappa shape index (κ1) is 16.1. The molecule has 0 atom stereocenters. The molecule has 0 saturated carbocycles. The lowest BCUT2D eigenvalue weighted by molar-refractivity contribution is -0.160. The van der Waals surface area contributed by atoms with Crippen molar-refractivity contribution in [3.63, 3.8) is 0 Å². The Balaban J connectivity index is 2.74. The standard InChI is InChI=1S/C12H12Cl2F3NO/c1-2-18(7-12(15,16)17)11(19)6-8-3-4-9(13)10(14)5-8/h3-5H,2,6-7H2,1H3. The molecule has 0 saturated heterocycles. The van der Waals surface area contributed by atoms with E-state index >= 15 is 0 Å². The van der Waals surface area contributed by atoms with Gasteiger partial charge in [0.2, 0.25) is 5.91 Å². The number of likely N-dealkylation sites (N-methyl/N-ethyl adjacent to an activating group) is 1. The fraction of sp³-hybridized carbons (Fsp3) is 0.417. The second kappa shape index (κ2) is 6.48. The molecule has 0 aliphatic carbocycles. The molecule has 0 unspecified atom stereocenters. The third-order valence-electron chi connectivity index (χ3n) is 2.44. The lowest BCUT2D eigenvalue weighted by Crippen LogP contribution is -2.39. The number of nitrogens with zero attached hydrogens (tertiary/aromatic N) is 1. The lowest BCUT2D eigenvalue weighted by atomic mass is 10.1. The fourth-order valence-corrected chi connectivity index (χ4v) is 1.85. The van der Waals surface area contributed by atoms with E-state index in [1.807, 2.05) is 0 Å². The highest BCUT2D eigenvalue weighted by Crippen LogP contribution is 2.23. The monoisotopic (exact) mass is 313 g/mol. The van der Waals surface area contributed by atoms with Gasteiger partial charge in [-0.05, 0) is 24.6 Å². The van der Waals surface area contributed by atoms with E-state index in [1.165, 1.54) is 19.1 Å². The van der Waals surface area contributed by atoms with E-state index in [2.05, 4.69) is 0 Å². The zero-order chi connectivity index (χ0) is 14.6. The molecule has 1 aromatic carbocycles. The van der Waals surface area contributed by atoms with Gasteiger partial charge in [0.1, 0.15) is 6.54 Å². The third-order valence-corrected chi connectivity index (χ3v) is 3.18. The summed E-state index contributed by atoms with van der Waals surface area (Å²) in [6.07, 6.45) is -4.54. The Morgan fingerprint density at radius 3 is 2.37 bits per heavy atom. The van der Waals surface area contributed by atoms with Gasteiger partial charge in [-0.3, -0.25) is 4.79 Å². The molecule has 0 bridgehead atoms. The van der Waals surface area contributed by atoms with Gasteiger partial charge in [-0.15, -0.1) is 0 Å². The van der Waals surface area contributed by atoms with Crippen LogP contribution in [0.2, 0.25) is 10.0 Å². The summed E-state index contributed by atoms with van der Waals surface area (Å²) in [5.74, 6) is -0.599. The first-order valence-corrected chi connectivity index (χ1v) is 6.27. The van der Waals surface area contributed by atoms with Crippen molar-refractivity contribution in [2.24, 2.45) is 0 Å². The molecule has 7 heteroatoms. The zero-order valence-corrected chi connectivity index (χ0v) is 11.6. The molecule has 1 amide bonds. The van der Waals surface area contributed by atoms with Gasteiger partial charge in [-0.1, -0.05) is 29.3 Å². The summed E-state index contributed by atoms with van der Waals surface area (Å²) in [7, 11) is 0. The SMILES string of the molecule is CCN(CC(F)(F)F)C(=O)Cc1ccc(Cl)c(Cl)c1. The molecule has 19 heavy (non-hydrogen) atoms. The number of alkyl halides is 3. The Morgan fingerprint density at radius 2 is 1.89 bits per heavy atom. The Bertz CT molecular complexity index is 463. The largest absolute Gasteiger partial charge is 0.406 e. The summed E-state index contributed by atoms with van der Waals surface area (Å²) in [5.41, 5.74) is 0.528. The highest BCUT2D eigenvalue weighted by Gasteiger charge is 2.32. The molecule has 0 fully saturated rings. The maximum absolute atomic E-state index is 12.3. The maximum Gasteiger partial charge on any atom is 0.406 e. The smallest absolute Gasteiger partial charge is 0.334 e. The van der Waals surface area contributed by atoms with Crippen LogP contribution in [0.5, 0.6) is 0 Å². The minimum atomic E-state index is -4.40. The Kier molecular flexibility index (Phi) is 5.50. The van der Waals surface area contributed by atoms with Gasteiger partial charge in [0.25, 0.3) is 0 Å². The predicted molar refractivity (Wildman–Crippen MR) is 68.5 cm³/mol. The van der Waals surface area contributed by atoms with Gasteiger partial charge < -0.3 is 4.90 Å². The van der Waals surface area contributed by atoms with Gasteiger partial charge in [0, 0.05) is 6.54 Å².